The third-order valence-electron chi connectivity index (χ3n) is 5.07. The fraction of sp³-hybridized carbons (Fsp3) is 0.455. The Labute approximate surface area is 182 Å². The van der Waals surface area contributed by atoms with Crippen LogP contribution in [0.25, 0.3) is 0 Å². The minimum atomic E-state index is -0.433. The highest BCUT2D eigenvalue weighted by Gasteiger charge is 2.23. The van der Waals surface area contributed by atoms with E-state index in [1.807, 2.05) is 19.2 Å². The van der Waals surface area contributed by atoms with Crippen LogP contribution in [0.15, 0.2) is 42.6 Å². The minimum Gasteiger partial charge on any atom is -0.377 e. The first-order chi connectivity index (χ1) is 14.4. The average Bonchev–Trinajstić information content (AvgIpc) is 2.75. The van der Waals surface area contributed by atoms with E-state index in [0.717, 1.165) is 30.6 Å². The lowest BCUT2D eigenvalue weighted by atomic mass is 9.91. The largest absolute Gasteiger partial charge is 0.377 e. The highest BCUT2D eigenvalue weighted by atomic mass is 35.5. The molecule has 2 atom stereocenters. The number of hydroxylamine groups is 1. The Balaban J connectivity index is 1.83. The summed E-state index contributed by atoms with van der Waals surface area (Å²) in [5, 5.41) is 9.73. The number of carbonyl (C=O) groups is 1. The Morgan fingerprint density at radius 3 is 2.60 bits per heavy atom. The lowest BCUT2D eigenvalue weighted by Crippen LogP contribution is -2.29. The van der Waals surface area contributed by atoms with E-state index >= 15 is 0 Å². The second-order valence-electron chi connectivity index (χ2n) is 7.39. The minimum absolute atomic E-state index is 0.323. The molecule has 30 heavy (non-hydrogen) atoms. The summed E-state index contributed by atoms with van der Waals surface area (Å²) < 4.78 is 18.7. The Bertz CT molecular complexity index is 774. The zero-order valence-electron chi connectivity index (χ0n) is 17.4. The molecule has 2 aromatic rings. The van der Waals surface area contributed by atoms with E-state index in [0.29, 0.717) is 24.4 Å². The molecule has 0 spiro atoms. The molecule has 0 radical (unpaired) electrons. The van der Waals surface area contributed by atoms with Crippen LogP contribution in [0.4, 0.5) is 4.39 Å². The molecule has 0 aliphatic heterocycles. The Morgan fingerprint density at radius 1 is 1.27 bits per heavy atom. The van der Waals surface area contributed by atoms with Gasteiger partial charge in [0.15, 0.2) is 0 Å². The molecule has 164 valence electrons. The first-order valence-corrected chi connectivity index (χ1v) is 10.3. The van der Waals surface area contributed by atoms with E-state index in [1.54, 1.807) is 30.9 Å². The third kappa shape index (κ3) is 7.99. The normalized spacial score (nSPS) is 13.3. The van der Waals surface area contributed by atoms with Gasteiger partial charge in [-0.05, 0) is 62.7 Å². The molecule has 8 heteroatoms. The molecule has 0 aliphatic carbocycles. The molecule has 2 N–H and O–H groups in total. The van der Waals surface area contributed by atoms with Crippen molar-refractivity contribution in [2.75, 3.05) is 20.7 Å². The second kappa shape index (κ2) is 12.6. The van der Waals surface area contributed by atoms with Gasteiger partial charge in [0.05, 0.1) is 16.8 Å². The smallest absolute Gasteiger partial charge is 0.246 e. The van der Waals surface area contributed by atoms with Crippen molar-refractivity contribution in [3.8, 4) is 0 Å². The van der Waals surface area contributed by atoms with Crippen molar-refractivity contribution in [3.05, 3.63) is 64.7 Å². The number of carbonyl (C=O) groups excluding carboxylic acids is 1. The van der Waals surface area contributed by atoms with Gasteiger partial charge in [-0.2, -0.15) is 0 Å². The van der Waals surface area contributed by atoms with E-state index in [1.165, 1.54) is 12.1 Å². The number of hydrogen-bond donors (Lipinski definition) is 2. The van der Waals surface area contributed by atoms with Gasteiger partial charge < -0.3 is 9.64 Å². The predicted molar refractivity (Wildman–Crippen MR) is 114 cm³/mol. The SMILES string of the molecule is CO[C@H](C[C@H](CCCCN(C)Cc1ccc(Cl)cn1)C(=O)NO)c1ccc(F)cc1. The number of nitrogens with zero attached hydrogens (tertiary/aromatic N) is 2. The summed E-state index contributed by atoms with van der Waals surface area (Å²) in [5.74, 6) is -1.16. The molecule has 0 saturated heterocycles. The monoisotopic (exact) mass is 437 g/mol. The van der Waals surface area contributed by atoms with Gasteiger partial charge in [0.25, 0.3) is 0 Å². The Hall–Kier alpha value is -2.06. The first-order valence-electron chi connectivity index (χ1n) is 9.94. The molecular weight excluding hydrogens is 409 g/mol. The van der Waals surface area contributed by atoms with Crippen molar-refractivity contribution in [3.63, 3.8) is 0 Å². The van der Waals surface area contributed by atoms with Crippen molar-refractivity contribution in [1.82, 2.24) is 15.4 Å². The molecule has 6 nitrogen and oxygen atoms in total. The average molecular weight is 438 g/mol. The number of pyridine rings is 1. The zero-order valence-corrected chi connectivity index (χ0v) is 18.1. The maximum atomic E-state index is 13.2. The van der Waals surface area contributed by atoms with Gasteiger partial charge in [-0.3, -0.25) is 15.0 Å². The third-order valence-corrected chi connectivity index (χ3v) is 5.29. The summed E-state index contributed by atoms with van der Waals surface area (Å²) in [5.41, 5.74) is 3.50. The second-order valence-corrected chi connectivity index (χ2v) is 7.82. The molecule has 1 aromatic carbocycles. The summed E-state index contributed by atoms with van der Waals surface area (Å²) in [6, 6.07) is 9.76. The van der Waals surface area contributed by atoms with Crippen LogP contribution < -0.4 is 5.48 Å². The van der Waals surface area contributed by atoms with Gasteiger partial charge in [0.1, 0.15) is 5.82 Å². The number of amides is 1. The standard InChI is InChI=1S/C22H29ClFN3O3/c1-27(15-20-11-8-18(23)14-25-20)12-4-3-5-17(22(28)26-29)13-21(30-2)16-6-9-19(24)10-7-16/h6-11,14,17,21,29H,3-5,12-13,15H2,1-2H3,(H,26,28)/t17-,21+/m0/s1. The molecule has 0 saturated carbocycles. The van der Waals surface area contributed by atoms with Gasteiger partial charge in [-0.1, -0.05) is 30.2 Å². The lowest BCUT2D eigenvalue weighted by molar-refractivity contribution is -0.135. The summed E-state index contributed by atoms with van der Waals surface area (Å²) in [4.78, 5) is 18.6. The number of hydrogen-bond acceptors (Lipinski definition) is 5. The van der Waals surface area contributed by atoms with E-state index in [9.17, 15) is 9.18 Å². The predicted octanol–water partition coefficient (Wildman–Crippen LogP) is 4.38. The maximum absolute atomic E-state index is 13.2. The van der Waals surface area contributed by atoms with Crippen molar-refractivity contribution in [2.45, 2.75) is 38.3 Å². The molecule has 1 aromatic heterocycles. The number of benzene rings is 1. The lowest BCUT2D eigenvalue weighted by Gasteiger charge is -2.22. The van der Waals surface area contributed by atoms with Crippen molar-refractivity contribution >= 4 is 17.5 Å². The van der Waals surface area contributed by atoms with Crippen LogP contribution in [-0.4, -0.2) is 41.7 Å². The van der Waals surface area contributed by atoms with E-state index in [-0.39, 0.29) is 11.9 Å². The number of ether oxygens (including phenoxy) is 1. The molecule has 2 rings (SSSR count). The van der Waals surface area contributed by atoms with Crippen LogP contribution in [0.2, 0.25) is 5.02 Å². The van der Waals surface area contributed by atoms with Gasteiger partial charge in [-0.15, -0.1) is 0 Å². The van der Waals surface area contributed by atoms with Crippen molar-refractivity contribution < 1.29 is 19.1 Å². The van der Waals surface area contributed by atoms with Gasteiger partial charge in [-0.25, -0.2) is 9.87 Å². The molecular formula is C22H29ClFN3O3. The highest BCUT2D eigenvalue weighted by Crippen LogP contribution is 2.28. The molecule has 0 fully saturated rings. The molecule has 1 amide bonds. The highest BCUT2D eigenvalue weighted by molar-refractivity contribution is 6.30. The molecule has 0 bridgehead atoms. The number of halogens is 2. The molecule has 0 unspecified atom stereocenters. The van der Waals surface area contributed by atoms with Crippen LogP contribution in [0, 0.1) is 11.7 Å². The fourth-order valence-electron chi connectivity index (χ4n) is 3.38. The summed E-state index contributed by atoms with van der Waals surface area (Å²) in [7, 11) is 3.57. The number of unbranched alkanes of at least 4 members (excludes halogenated alkanes) is 1. The summed E-state index contributed by atoms with van der Waals surface area (Å²) in [6.45, 7) is 1.57. The van der Waals surface area contributed by atoms with E-state index in [4.69, 9.17) is 21.5 Å². The number of aromatic nitrogens is 1. The van der Waals surface area contributed by atoms with Crippen LogP contribution >= 0.6 is 11.6 Å². The summed E-state index contributed by atoms with van der Waals surface area (Å²) >= 11 is 5.86. The zero-order chi connectivity index (χ0) is 21.9. The molecule has 0 aliphatic rings. The maximum Gasteiger partial charge on any atom is 0.246 e. The van der Waals surface area contributed by atoms with Crippen molar-refractivity contribution in [2.24, 2.45) is 5.92 Å². The van der Waals surface area contributed by atoms with Gasteiger partial charge in [0.2, 0.25) is 5.91 Å². The van der Waals surface area contributed by atoms with E-state index < -0.39 is 11.8 Å². The molecule has 1 heterocycles. The van der Waals surface area contributed by atoms with Gasteiger partial charge >= 0.3 is 0 Å². The van der Waals surface area contributed by atoms with Crippen LogP contribution in [0.1, 0.15) is 43.0 Å². The van der Waals surface area contributed by atoms with Crippen LogP contribution in [-0.2, 0) is 16.1 Å². The fourth-order valence-corrected chi connectivity index (χ4v) is 3.49. The number of methoxy groups -OCH3 is 1. The van der Waals surface area contributed by atoms with Gasteiger partial charge in [0, 0.05) is 25.8 Å². The first kappa shape index (κ1) is 24.2. The quantitative estimate of drug-likeness (QED) is 0.293. The van der Waals surface area contributed by atoms with Crippen molar-refractivity contribution in [1.29, 1.82) is 0 Å². The van der Waals surface area contributed by atoms with E-state index in [2.05, 4.69) is 9.88 Å². The summed E-state index contributed by atoms with van der Waals surface area (Å²) in [6.07, 6.45) is 4.01. The Morgan fingerprint density at radius 2 is 2.00 bits per heavy atom. The topological polar surface area (TPSA) is 74.7 Å². The van der Waals surface area contributed by atoms with Crippen LogP contribution in [0.5, 0.6) is 0 Å². The number of rotatable bonds is 12. The Kier molecular flexibility index (Phi) is 10.2. The number of nitrogens with one attached hydrogen (secondary N) is 1. The van der Waals surface area contributed by atoms with Crippen LogP contribution in [0.3, 0.4) is 0 Å².